The minimum absolute atomic E-state index is 0.0741. The Morgan fingerprint density at radius 1 is 1.00 bits per heavy atom. The summed E-state index contributed by atoms with van der Waals surface area (Å²) in [7, 11) is 3.16. The molecule has 0 amide bonds. The number of nitrogens with one attached hydrogen (secondary N) is 1. The first-order valence-corrected chi connectivity index (χ1v) is 12.3. The van der Waals surface area contributed by atoms with Crippen molar-refractivity contribution in [1.29, 1.82) is 0 Å². The number of rotatable bonds is 9. The predicted octanol–water partition coefficient (Wildman–Crippen LogP) is 4.78. The Labute approximate surface area is 216 Å². The standard InChI is InChI=1S/C29H32FNO6/c1-5-36-12-13-37-29(33)26-17(2)31-22-14-20(19-8-11-24(34-3)25(16-19)35-4)15-23(32)28(22)27(26)18-6-9-21(30)10-7-18/h6-11,16,20,27,31H,5,12-15H2,1-4H3/t20-,27-/m0/s1. The highest BCUT2D eigenvalue weighted by molar-refractivity contribution is 6.04. The van der Waals surface area contributed by atoms with Crippen LogP contribution in [-0.4, -0.2) is 45.8 Å². The van der Waals surface area contributed by atoms with Crippen molar-refractivity contribution in [3.8, 4) is 11.5 Å². The summed E-state index contributed by atoms with van der Waals surface area (Å²) in [6.45, 7) is 4.56. The number of carbonyl (C=O) groups excluding carboxylic acids is 2. The summed E-state index contributed by atoms with van der Waals surface area (Å²) in [5.74, 6) is -0.518. The molecule has 1 aliphatic heterocycles. The van der Waals surface area contributed by atoms with Crippen molar-refractivity contribution in [2.24, 2.45) is 0 Å². The third-order valence-corrected chi connectivity index (χ3v) is 6.79. The largest absolute Gasteiger partial charge is 0.493 e. The van der Waals surface area contributed by atoms with Crippen LogP contribution in [0.5, 0.6) is 11.5 Å². The number of methoxy groups -OCH3 is 2. The van der Waals surface area contributed by atoms with Crippen LogP contribution in [0.3, 0.4) is 0 Å². The minimum Gasteiger partial charge on any atom is -0.493 e. The van der Waals surface area contributed by atoms with Crippen LogP contribution in [-0.2, 0) is 19.1 Å². The zero-order chi connectivity index (χ0) is 26.5. The topological polar surface area (TPSA) is 83.1 Å². The highest BCUT2D eigenvalue weighted by Gasteiger charge is 2.41. The Bertz CT molecular complexity index is 1230. The van der Waals surface area contributed by atoms with Crippen molar-refractivity contribution in [2.75, 3.05) is 34.0 Å². The third kappa shape index (κ3) is 5.54. The lowest BCUT2D eigenvalue weighted by Crippen LogP contribution is -2.36. The van der Waals surface area contributed by atoms with Gasteiger partial charge in [-0.15, -0.1) is 0 Å². The van der Waals surface area contributed by atoms with Gasteiger partial charge >= 0.3 is 5.97 Å². The maximum atomic E-state index is 13.8. The maximum Gasteiger partial charge on any atom is 0.336 e. The van der Waals surface area contributed by atoms with Gasteiger partial charge < -0.3 is 24.3 Å². The zero-order valence-electron chi connectivity index (χ0n) is 21.6. The summed E-state index contributed by atoms with van der Waals surface area (Å²) in [5, 5.41) is 3.32. The minimum atomic E-state index is -0.657. The molecule has 7 nitrogen and oxygen atoms in total. The fourth-order valence-electron chi connectivity index (χ4n) is 5.06. The molecule has 0 aromatic heterocycles. The Morgan fingerprint density at radius 3 is 2.38 bits per heavy atom. The van der Waals surface area contributed by atoms with Crippen molar-refractivity contribution in [3.05, 3.63) is 81.9 Å². The monoisotopic (exact) mass is 509 g/mol. The van der Waals surface area contributed by atoms with E-state index in [1.165, 1.54) is 12.1 Å². The van der Waals surface area contributed by atoms with E-state index in [1.54, 1.807) is 33.3 Å². The Balaban J connectivity index is 1.70. The molecule has 0 unspecified atom stereocenters. The average Bonchev–Trinajstić information content (AvgIpc) is 2.90. The number of dihydropyridines is 1. The van der Waals surface area contributed by atoms with Gasteiger partial charge in [0.1, 0.15) is 12.4 Å². The van der Waals surface area contributed by atoms with E-state index in [1.807, 2.05) is 25.1 Å². The molecule has 0 bridgehead atoms. The quantitative estimate of drug-likeness (QED) is 0.385. The fourth-order valence-corrected chi connectivity index (χ4v) is 5.06. The smallest absolute Gasteiger partial charge is 0.336 e. The molecular formula is C29H32FNO6. The molecule has 0 saturated carbocycles. The second kappa shape index (κ2) is 11.6. The van der Waals surface area contributed by atoms with Crippen LogP contribution in [0.1, 0.15) is 49.7 Å². The second-order valence-corrected chi connectivity index (χ2v) is 9.02. The summed E-state index contributed by atoms with van der Waals surface area (Å²) < 4.78 is 35.3. The van der Waals surface area contributed by atoms with Crippen LogP contribution >= 0.6 is 0 Å². The number of carbonyl (C=O) groups is 2. The van der Waals surface area contributed by atoms with E-state index in [9.17, 15) is 14.0 Å². The number of ketones is 1. The fraction of sp³-hybridized carbons (Fsp3) is 0.379. The van der Waals surface area contributed by atoms with Crippen molar-refractivity contribution < 1.29 is 32.9 Å². The molecule has 1 heterocycles. The average molecular weight is 510 g/mol. The molecule has 0 spiro atoms. The number of hydrogen-bond acceptors (Lipinski definition) is 7. The molecule has 196 valence electrons. The first-order valence-electron chi connectivity index (χ1n) is 12.3. The number of halogens is 1. The highest BCUT2D eigenvalue weighted by Crippen LogP contribution is 2.46. The van der Waals surface area contributed by atoms with Gasteiger partial charge in [-0.25, -0.2) is 9.18 Å². The van der Waals surface area contributed by atoms with Gasteiger partial charge in [0.25, 0.3) is 0 Å². The molecule has 2 atom stereocenters. The lowest BCUT2D eigenvalue weighted by atomic mass is 9.71. The highest BCUT2D eigenvalue weighted by atomic mass is 19.1. The van der Waals surface area contributed by atoms with E-state index in [4.69, 9.17) is 18.9 Å². The number of Topliss-reactive ketones (excluding diaryl/α,β-unsaturated/α-hetero) is 1. The number of ether oxygens (including phenoxy) is 4. The van der Waals surface area contributed by atoms with Gasteiger partial charge in [-0.05, 0) is 61.6 Å². The van der Waals surface area contributed by atoms with Crippen LogP contribution in [0.25, 0.3) is 0 Å². The summed E-state index contributed by atoms with van der Waals surface area (Å²) in [6, 6.07) is 11.6. The molecule has 8 heteroatoms. The predicted molar refractivity (Wildman–Crippen MR) is 136 cm³/mol. The first-order chi connectivity index (χ1) is 17.9. The molecule has 2 aromatic rings. The SMILES string of the molecule is CCOCCOC(=O)C1=C(C)NC2=C(C(=O)C[C@@H](c3ccc(OC)c(OC)c3)C2)[C@H]1c1ccc(F)cc1. The third-order valence-electron chi connectivity index (χ3n) is 6.79. The molecule has 1 aliphatic carbocycles. The molecule has 2 aliphatic rings. The van der Waals surface area contributed by atoms with E-state index in [0.717, 1.165) is 11.3 Å². The van der Waals surface area contributed by atoms with Gasteiger partial charge in [0.2, 0.25) is 0 Å². The first kappa shape index (κ1) is 26.4. The van der Waals surface area contributed by atoms with E-state index in [0.29, 0.717) is 46.9 Å². The van der Waals surface area contributed by atoms with Gasteiger partial charge in [-0.1, -0.05) is 18.2 Å². The van der Waals surface area contributed by atoms with E-state index < -0.39 is 17.7 Å². The molecule has 4 rings (SSSR count). The van der Waals surface area contributed by atoms with Crippen LogP contribution in [0.2, 0.25) is 0 Å². The van der Waals surface area contributed by atoms with Gasteiger partial charge in [-0.2, -0.15) is 0 Å². The molecule has 2 aromatic carbocycles. The zero-order valence-corrected chi connectivity index (χ0v) is 21.6. The van der Waals surface area contributed by atoms with Gasteiger partial charge in [0.15, 0.2) is 17.3 Å². The Kier molecular flexibility index (Phi) is 8.28. The lowest BCUT2D eigenvalue weighted by Gasteiger charge is -2.36. The molecule has 0 saturated heterocycles. The Morgan fingerprint density at radius 2 is 1.70 bits per heavy atom. The summed E-state index contributed by atoms with van der Waals surface area (Å²) in [4.78, 5) is 26.9. The van der Waals surface area contributed by atoms with Crippen LogP contribution in [0.4, 0.5) is 4.39 Å². The Hall–Kier alpha value is -3.65. The number of esters is 1. The maximum absolute atomic E-state index is 13.8. The van der Waals surface area contributed by atoms with Gasteiger partial charge in [0, 0.05) is 35.9 Å². The van der Waals surface area contributed by atoms with Crippen molar-refractivity contribution in [2.45, 2.75) is 38.5 Å². The van der Waals surface area contributed by atoms with Crippen LogP contribution in [0.15, 0.2) is 65.0 Å². The van der Waals surface area contributed by atoms with Gasteiger partial charge in [-0.3, -0.25) is 4.79 Å². The van der Waals surface area contributed by atoms with E-state index in [2.05, 4.69) is 5.32 Å². The summed E-state index contributed by atoms with van der Waals surface area (Å²) in [6.07, 6.45) is 0.831. The number of benzene rings is 2. The van der Waals surface area contributed by atoms with Crippen molar-refractivity contribution in [1.82, 2.24) is 5.32 Å². The van der Waals surface area contributed by atoms with E-state index in [-0.39, 0.29) is 31.3 Å². The molecule has 0 radical (unpaired) electrons. The van der Waals surface area contributed by atoms with Crippen molar-refractivity contribution >= 4 is 11.8 Å². The van der Waals surface area contributed by atoms with Gasteiger partial charge in [0.05, 0.1) is 26.4 Å². The number of allylic oxidation sites excluding steroid dienone is 3. The molecule has 37 heavy (non-hydrogen) atoms. The van der Waals surface area contributed by atoms with Crippen LogP contribution < -0.4 is 14.8 Å². The molecular weight excluding hydrogens is 477 g/mol. The van der Waals surface area contributed by atoms with E-state index >= 15 is 0 Å². The molecule has 0 fully saturated rings. The lowest BCUT2D eigenvalue weighted by molar-refractivity contribution is -0.140. The normalized spacial score (nSPS) is 19.3. The van der Waals surface area contributed by atoms with Crippen LogP contribution in [0, 0.1) is 5.82 Å². The van der Waals surface area contributed by atoms with Crippen molar-refractivity contribution in [3.63, 3.8) is 0 Å². The molecule has 1 N–H and O–H groups in total. The summed E-state index contributed by atoms with van der Waals surface area (Å²) in [5.41, 5.74) is 3.85. The summed E-state index contributed by atoms with van der Waals surface area (Å²) >= 11 is 0. The second-order valence-electron chi connectivity index (χ2n) is 9.02. The number of hydrogen-bond donors (Lipinski definition) is 1.